The van der Waals surface area contributed by atoms with Gasteiger partial charge in [-0.15, -0.1) is 0 Å². The highest BCUT2D eigenvalue weighted by Gasteiger charge is 2.37. The van der Waals surface area contributed by atoms with E-state index in [2.05, 4.69) is 4.98 Å². The third-order valence-electron chi connectivity index (χ3n) is 5.44. The van der Waals surface area contributed by atoms with Crippen LogP contribution in [0.1, 0.15) is 57.2 Å². The molecule has 1 saturated carbocycles. The minimum absolute atomic E-state index is 0.0849. The smallest absolute Gasteiger partial charge is 0.233 e. The number of carbonyl (C=O) groups is 1. The third kappa shape index (κ3) is 4.12. The average Bonchev–Trinajstić information content (AvgIpc) is 2.67. The first-order chi connectivity index (χ1) is 12.5. The van der Waals surface area contributed by atoms with Crippen molar-refractivity contribution in [3.05, 3.63) is 65.7 Å². The van der Waals surface area contributed by atoms with Crippen LogP contribution in [0.4, 0.5) is 4.39 Å². The van der Waals surface area contributed by atoms with E-state index in [9.17, 15) is 9.18 Å². The molecule has 1 fully saturated rings. The number of rotatable bonds is 5. The number of aromatic nitrogens is 1. The van der Waals surface area contributed by atoms with Crippen LogP contribution in [0.2, 0.25) is 0 Å². The molecule has 1 aliphatic rings. The lowest BCUT2D eigenvalue weighted by Gasteiger charge is -2.39. The van der Waals surface area contributed by atoms with Crippen LogP contribution in [0, 0.1) is 5.82 Å². The van der Waals surface area contributed by atoms with Gasteiger partial charge in [0.05, 0.1) is 17.7 Å². The Labute approximate surface area is 155 Å². The van der Waals surface area contributed by atoms with E-state index in [-0.39, 0.29) is 17.8 Å². The molecule has 0 atom stereocenters. The first-order valence-corrected chi connectivity index (χ1v) is 9.45. The van der Waals surface area contributed by atoms with Crippen LogP contribution >= 0.6 is 0 Å². The maximum Gasteiger partial charge on any atom is 0.233 e. The standard InChI is InChI=1S/C22H27FN2O/c1-22(2,17-11-13-18(23)14-12-17)21(26)25(20-9-4-3-5-10-20)16-19-8-6-7-15-24-19/h6-8,11-15,20H,3-5,9-10,16H2,1-2H3. The predicted molar refractivity (Wildman–Crippen MR) is 101 cm³/mol. The summed E-state index contributed by atoms with van der Waals surface area (Å²) < 4.78 is 13.3. The summed E-state index contributed by atoms with van der Waals surface area (Å²) in [5.41, 5.74) is 1.03. The molecule has 0 N–H and O–H groups in total. The zero-order valence-electron chi connectivity index (χ0n) is 15.6. The molecule has 3 rings (SSSR count). The number of hydrogen-bond acceptors (Lipinski definition) is 2. The second-order valence-corrected chi connectivity index (χ2v) is 7.68. The van der Waals surface area contributed by atoms with Crippen molar-refractivity contribution in [2.75, 3.05) is 0 Å². The van der Waals surface area contributed by atoms with Gasteiger partial charge in [0, 0.05) is 12.2 Å². The Bertz CT molecular complexity index is 722. The Kier molecular flexibility index (Phi) is 5.70. The minimum atomic E-state index is -0.708. The molecule has 138 valence electrons. The molecule has 1 aromatic heterocycles. The zero-order chi connectivity index (χ0) is 18.6. The van der Waals surface area contributed by atoms with E-state index in [1.54, 1.807) is 18.3 Å². The lowest BCUT2D eigenvalue weighted by molar-refractivity contribution is -0.140. The van der Waals surface area contributed by atoms with Crippen molar-refractivity contribution in [1.29, 1.82) is 0 Å². The summed E-state index contributed by atoms with van der Waals surface area (Å²) in [4.78, 5) is 20.0. The highest BCUT2D eigenvalue weighted by molar-refractivity contribution is 5.87. The van der Waals surface area contributed by atoms with Crippen molar-refractivity contribution in [2.24, 2.45) is 0 Å². The monoisotopic (exact) mass is 354 g/mol. The molecule has 4 heteroatoms. The number of benzene rings is 1. The van der Waals surface area contributed by atoms with E-state index < -0.39 is 5.41 Å². The average molecular weight is 354 g/mol. The van der Waals surface area contributed by atoms with Gasteiger partial charge in [0.1, 0.15) is 5.82 Å². The molecule has 0 unspecified atom stereocenters. The van der Waals surface area contributed by atoms with Gasteiger partial charge >= 0.3 is 0 Å². The molecule has 1 amide bonds. The molecule has 1 heterocycles. The molecule has 1 aliphatic carbocycles. The SMILES string of the molecule is CC(C)(C(=O)N(Cc1ccccn1)C1CCCCC1)c1ccc(F)cc1. The summed E-state index contributed by atoms with van der Waals surface area (Å²) in [5.74, 6) is -0.198. The summed E-state index contributed by atoms with van der Waals surface area (Å²) in [6.07, 6.45) is 7.41. The largest absolute Gasteiger partial charge is 0.333 e. The number of amides is 1. The van der Waals surface area contributed by atoms with Gasteiger partial charge in [0.15, 0.2) is 0 Å². The van der Waals surface area contributed by atoms with E-state index in [4.69, 9.17) is 0 Å². The van der Waals surface area contributed by atoms with Crippen molar-refractivity contribution in [2.45, 2.75) is 64.0 Å². The Hall–Kier alpha value is -2.23. The van der Waals surface area contributed by atoms with Crippen molar-refractivity contribution in [3.63, 3.8) is 0 Å². The van der Waals surface area contributed by atoms with Gasteiger partial charge in [-0.05, 0) is 56.5 Å². The molecule has 0 aliphatic heterocycles. The number of carbonyl (C=O) groups excluding carboxylic acids is 1. The first-order valence-electron chi connectivity index (χ1n) is 9.45. The normalized spacial score (nSPS) is 15.7. The van der Waals surface area contributed by atoms with Crippen LogP contribution in [-0.2, 0) is 16.8 Å². The van der Waals surface area contributed by atoms with Gasteiger partial charge in [-0.25, -0.2) is 4.39 Å². The van der Waals surface area contributed by atoms with Gasteiger partial charge in [0.2, 0.25) is 5.91 Å². The maximum absolute atomic E-state index is 13.6. The van der Waals surface area contributed by atoms with E-state index >= 15 is 0 Å². The quantitative estimate of drug-likeness (QED) is 0.768. The van der Waals surface area contributed by atoms with Gasteiger partial charge in [-0.2, -0.15) is 0 Å². The van der Waals surface area contributed by atoms with E-state index in [1.165, 1.54) is 18.6 Å². The van der Waals surface area contributed by atoms with Crippen molar-refractivity contribution in [1.82, 2.24) is 9.88 Å². The molecule has 26 heavy (non-hydrogen) atoms. The van der Waals surface area contributed by atoms with Gasteiger partial charge in [0.25, 0.3) is 0 Å². The highest BCUT2D eigenvalue weighted by Crippen LogP contribution is 2.31. The number of halogens is 1. The fourth-order valence-electron chi connectivity index (χ4n) is 3.77. The second-order valence-electron chi connectivity index (χ2n) is 7.68. The summed E-state index contributed by atoms with van der Waals surface area (Å²) in [6, 6.07) is 12.3. The van der Waals surface area contributed by atoms with Gasteiger partial charge in [-0.1, -0.05) is 37.5 Å². The highest BCUT2D eigenvalue weighted by atomic mass is 19.1. The number of hydrogen-bond donors (Lipinski definition) is 0. The summed E-state index contributed by atoms with van der Waals surface area (Å²) in [7, 11) is 0. The Balaban J connectivity index is 1.88. The summed E-state index contributed by atoms with van der Waals surface area (Å²) in [6.45, 7) is 4.38. The molecule has 2 aromatic rings. The van der Waals surface area contributed by atoms with Crippen molar-refractivity contribution in [3.8, 4) is 0 Å². The molecule has 1 aromatic carbocycles. The number of pyridine rings is 1. The van der Waals surface area contributed by atoms with Crippen LogP contribution in [0.25, 0.3) is 0 Å². The van der Waals surface area contributed by atoms with Crippen LogP contribution in [0.15, 0.2) is 48.7 Å². The summed E-state index contributed by atoms with van der Waals surface area (Å²) >= 11 is 0. The molecular formula is C22H27FN2O. The maximum atomic E-state index is 13.6. The molecule has 0 radical (unpaired) electrons. The van der Waals surface area contributed by atoms with Crippen molar-refractivity contribution >= 4 is 5.91 Å². The lowest BCUT2D eigenvalue weighted by atomic mass is 9.82. The van der Waals surface area contributed by atoms with Crippen LogP contribution in [-0.4, -0.2) is 21.8 Å². The van der Waals surface area contributed by atoms with Gasteiger partial charge in [-0.3, -0.25) is 9.78 Å². The second kappa shape index (κ2) is 7.98. The van der Waals surface area contributed by atoms with Crippen molar-refractivity contribution < 1.29 is 9.18 Å². The Morgan fingerprint density at radius 2 is 1.81 bits per heavy atom. The minimum Gasteiger partial charge on any atom is -0.333 e. The zero-order valence-corrected chi connectivity index (χ0v) is 15.6. The molecule has 0 spiro atoms. The van der Waals surface area contributed by atoms with E-state index in [0.717, 1.165) is 36.9 Å². The van der Waals surface area contributed by atoms with E-state index in [0.29, 0.717) is 6.54 Å². The van der Waals surface area contributed by atoms with E-state index in [1.807, 2.05) is 36.9 Å². The molecular weight excluding hydrogens is 327 g/mol. The Morgan fingerprint density at radius 1 is 1.12 bits per heavy atom. The molecule has 0 bridgehead atoms. The van der Waals surface area contributed by atoms with Crippen LogP contribution in [0.5, 0.6) is 0 Å². The number of nitrogens with zero attached hydrogens (tertiary/aromatic N) is 2. The van der Waals surface area contributed by atoms with Crippen LogP contribution < -0.4 is 0 Å². The molecule has 0 saturated heterocycles. The van der Waals surface area contributed by atoms with Crippen LogP contribution in [0.3, 0.4) is 0 Å². The summed E-state index contributed by atoms with van der Waals surface area (Å²) in [5, 5.41) is 0. The molecule has 3 nitrogen and oxygen atoms in total. The topological polar surface area (TPSA) is 33.2 Å². The predicted octanol–water partition coefficient (Wildman–Crippen LogP) is 4.86. The Morgan fingerprint density at radius 3 is 2.42 bits per heavy atom. The van der Waals surface area contributed by atoms with Gasteiger partial charge < -0.3 is 4.90 Å². The lowest BCUT2D eigenvalue weighted by Crippen LogP contribution is -2.48. The fraction of sp³-hybridized carbons (Fsp3) is 0.455. The fourth-order valence-corrected chi connectivity index (χ4v) is 3.77. The first kappa shape index (κ1) is 18.6. The third-order valence-corrected chi connectivity index (χ3v) is 5.44.